The number of aromatic nitrogens is 2. The molecule has 0 fully saturated rings. The molecule has 2 N–H and O–H groups in total. The molecule has 1 amide bonds. The normalized spacial score (nSPS) is 10.2. The number of benzene rings is 1. The quantitative estimate of drug-likeness (QED) is 0.823. The Morgan fingerprint density at radius 3 is 2.83 bits per heavy atom. The molecule has 0 aliphatic heterocycles. The summed E-state index contributed by atoms with van der Waals surface area (Å²) in [5, 5.41) is 3.99. The molecule has 6 nitrogen and oxygen atoms in total. The molecular weight excluding hydrogens is 254 g/mol. The SMILES string of the molecule is NC(=O)Cn1nc(COc2ccccc2)oc1=S. The Labute approximate surface area is 108 Å². The second kappa shape index (κ2) is 5.46. The number of carbonyl (C=O) groups is 1. The number of hydrogen-bond acceptors (Lipinski definition) is 5. The van der Waals surface area contributed by atoms with Crippen LogP contribution < -0.4 is 10.5 Å². The molecule has 2 rings (SSSR count). The van der Waals surface area contributed by atoms with Crippen molar-refractivity contribution in [3.8, 4) is 5.75 Å². The van der Waals surface area contributed by atoms with Crippen molar-refractivity contribution in [1.29, 1.82) is 0 Å². The fourth-order valence-electron chi connectivity index (χ4n) is 1.32. The van der Waals surface area contributed by atoms with Crippen molar-refractivity contribution in [3.63, 3.8) is 0 Å². The van der Waals surface area contributed by atoms with Gasteiger partial charge in [0.05, 0.1) is 0 Å². The van der Waals surface area contributed by atoms with Gasteiger partial charge in [-0.25, -0.2) is 4.68 Å². The van der Waals surface area contributed by atoms with E-state index in [-0.39, 0.29) is 18.0 Å². The molecule has 0 unspecified atom stereocenters. The number of nitrogens with two attached hydrogens (primary N) is 1. The fraction of sp³-hybridized carbons (Fsp3) is 0.182. The number of nitrogens with zero attached hydrogens (tertiary/aromatic N) is 2. The van der Waals surface area contributed by atoms with Gasteiger partial charge in [-0.1, -0.05) is 18.2 Å². The first-order chi connectivity index (χ1) is 8.65. The first kappa shape index (κ1) is 12.3. The highest BCUT2D eigenvalue weighted by atomic mass is 32.1. The van der Waals surface area contributed by atoms with Gasteiger partial charge in [0, 0.05) is 0 Å². The monoisotopic (exact) mass is 265 g/mol. The fourth-order valence-corrected chi connectivity index (χ4v) is 1.52. The van der Waals surface area contributed by atoms with Crippen LogP contribution in [-0.4, -0.2) is 15.7 Å². The van der Waals surface area contributed by atoms with Crippen molar-refractivity contribution in [2.75, 3.05) is 0 Å². The molecule has 0 aliphatic carbocycles. The molecule has 1 heterocycles. The molecule has 18 heavy (non-hydrogen) atoms. The summed E-state index contributed by atoms with van der Waals surface area (Å²) in [6, 6.07) is 9.23. The van der Waals surface area contributed by atoms with E-state index >= 15 is 0 Å². The van der Waals surface area contributed by atoms with E-state index in [1.165, 1.54) is 4.68 Å². The van der Waals surface area contributed by atoms with E-state index in [1.54, 1.807) is 0 Å². The van der Waals surface area contributed by atoms with E-state index in [0.717, 1.165) is 0 Å². The van der Waals surface area contributed by atoms with Crippen LogP contribution in [0, 0.1) is 4.84 Å². The van der Waals surface area contributed by atoms with Crippen LogP contribution in [0.4, 0.5) is 0 Å². The average molecular weight is 265 g/mol. The van der Waals surface area contributed by atoms with Crippen LogP contribution in [0.2, 0.25) is 0 Å². The second-order valence-electron chi connectivity index (χ2n) is 3.49. The van der Waals surface area contributed by atoms with Gasteiger partial charge in [-0.2, -0.15) is 0 Å². The summed E-state index contributed by atoms with van der Waals surface area (Å²) in [5.41, 5.74) is 5.05. The predicted octanol–water partition coefficient (Wildman–Crippen LogP) is 1.27. The van der Waals surface area contributed by atoms with Crippen LogP contribution in [0.1, 0.15) is 5.89 Å². The molecular formula is C11H11N3O3S. The Kier molecular flexibility index (Phi) is 3.73. The summed E-state index contributed by atoms with van der Waals surface area (Å²) in [5.74, 6) is 0.461. The van der Waals surface area contributed by atoms with Crippen molar-refractivity contribution < 1.29 is 13.9 Å². The lowest BCUT2D eigenvalue weighted by atomic mass is 10.3. The Bertz CT molecular complexity index is 591. The third-order valence-electron chi connectivity index (χ3n) is 2.06. The van der Waals surface area contributed by atoms with Crippen molar-refractivity contribution in [1.82, 2.24) is 9.78 Å². The van der Waals surface area contributed by atoms with Crippen LogP contribution >= 0.6 is 12.2 Å². The van der Waals surface area contributed by atoms with Crippen LogP contribution in [0.3, 0.4) is 0 Å². The summed E-state index contributed by atoms with van der Waals surface area (Å²) in [4.78, 5) is 10.8. The average Bonchev–Trinajstić information content (AvgIpc) is 2.68. The third kappa shape index (κ3) is 3.17. The summed E-state index contributed by atoms with van der Waals surface area (Å²) in [6.07, 6.45) is 0. The number of para-hydroxylation sites is 1. The first-order valence-electron chi connectivity index (χ1n) is 5.18. The lowest BCUT2D eigenvalue weighted by molar-refractivity contribution is -0.118. The number of ether oxygens (including phenoxy) is 1. The van der Waals surface area contributed by atoms with Gasteiger partial charge in [-0.05, 0) is 24.4 Å². The van der Waals surface area contributed by atoms with Gasteiger partial charge >= 0.3 is 0 Å². The lowest BCUT2D eigenvalue weighted by Crippen LogP contribution is -2.19. The molecule has 94 valence electrons. The topological polar surface area (TPSA) is 83.3 Å². The van der Waals surface area contributed by atoms with E-state index in [0.29, 0.717) is 11.6 Å². The first-order valence-corrected chi connectivity index (χ1v) is 5.59. The Hall–Kier alpha value is -2.15. The van der Waals surface area contributed by atoms with Gasteiger partial charge in [0.2, 0.25) is 5.91 Å². The van der Waals surface area contributed by atoms with Crippen LogP contribution in [0.15, 0.2) is 34.7 Å². The Morgan fingerprint density at radius 1 is 1.44 bits per heavy atom. The number of hydrogen-bond donors (Lipinski definition) is 1. The number of primary amides is 1. The molecule has 2 aromatic rings. The second-order valence-corrected chi connectivity index (χ2v) is 3.84. The zero-order valence-electron chi connectivity index (χ0n) is 9.41. The van der Waals surface area contributed by atoms with Crippen LogP contribution in [-0.2, 0) is 17.9 Å². The van der Waals surface area contributed by atoms with E-state index in [1.807, 2.05) is 30.3 Å². The summed E-state index contributed by atoms with van der Waals surface area (Å²) in [7, 11) is 0. The Morgan fingerprint density at radius 2 is 2.17 bits per heavy atom. The molecule has 1 aromatic carbocycles. The number of amides is 1. The maximum atomic E-state index is 10.8. The van der Waals surface area contributed by atoms with E-state index in [9.17, 15) is 4.79 Å². The van der Waals surface area contributed by atoms with Crippen molar-refractivity contribution in [2.45, 2.75) is 13.2 Å². The zero-order chi connectivity index (χ0) is 13.0. The highest BCUT2D eigenvalue weighted by molar-refractivity contribution is 7.71. The minimum absolute atomic E-state index is 0.0976. The molecule has 0 aliphatic rings. The van der Waals surface area contributed by atoms with Gasteiger partial charge in [0.15, 0.2) is 6.61 Å². The van der Waals surface area contributed by atoms with Crippen molar-refractivity contribution in [3.05, 3.63) is 41.1 Å². The molecule has 0 saturated heterocycles. The molecule has 7 heteroatoms. The third-order valence-corrected chi connectivity index (χ3v) is 2.35. The lowest BCUT2D eigenvalue weighted by Gasteiger charge is -2.01. The Balaban J connectivity index is 2.02. The maximum Gasteiger partial charge on any atom is 0.287 e. The summed E-state index contributed by atoms with van der Waals surface area (Å²) < 4.78 is 11.8. The zero-order valence-corrected chi connectivity index (χ0v) is 10.2. The molecule has 0 bridgehead atoms. The van der Waals surface area contributed by atoms with Gasteiger partial charge in [-0.15, -0.1) is 5.10 Å². The van der Waals surface area contributed by atoms with Gasteiger partial charge in [0.1, 0.15) is 12.3 Å². The smallest absolute Gasteiger partial charge is 0.287 e. The standard InChI is InChI=1S/C11H11N3O3S/c12-9(15)6-14-11(18)17-10(13-14)7-16-8-4-2-1-3-5-8/h1-5H,6-7H2,(H2,12,15). The molecule has 0 atom stereocenters. The van der Waals surface area contributed by atoms with Crippen molar-refractivity contribution in [2.24, 2.45) is 5.73 Å². The number of carbonyl (C=O) groups excluding carboxylic acids is 1. The maximum absolute atomic E-state index is 10.8. The van der Waals surface area contributed by atoms with Gasteiger partial charge < -0.3 is 14.9 Å². The van der Waals surface area contributed by atoms with E-state index in [2.05, 4.69) is 5.10 Å². The van der Waals surface area contributed by atoms with Crippen molar-refractivity contribution >= 4 is 18.1 Å². The van der Waals surface area contributed by atoms with Gasteiger partial charge in [-0.3, -0.25) is 4.79 Å². The van der Waals surface area contributed by atoms with Gasteiger partial charge in [0.25, 0.3) is 10.7 Å². The van der Waals surface area contributed by atoms with E-state index < -0.39 is 5.91 Å². The van der Waals surface area contributed by atoms with Crippen LogP contribution in [0.25, 0.3) is 0 Å². The van der Waals surface area contributed by atoms with Crippen LogP contribution in [0.5, 0.6) is 5.75 Å². The molecule has 1 aromatic heterocycles. The number of rotatable bonds is 5. The molecule has 0 radical (unpaired) electrons. The highest BCUT2D eigenvalue weighted by Crippen LogP contribution is 2.11. The van der Waals surface area contributed by atoms with E-state index in [4.69, 9.17) is 27.1 Å². The minimum Gasteiger partial charge on any atom is -0.484 e. The largest absolute Gasteiger partial charge is 0.484 e. The highest BCUT2D eigenvalue weighted by Gasteiger charge is 2.08. The summed E-state index contributed by atoms with van der Waals surface area (Å²) in [6.45, 7) is 0.0348. The summed E-state index contributed by atoms with van der Waals surface area (Å²) >= 11 is 4.89. The molecule has 0 saturated carbocycles. The predicted molar refractivity (Wildman–Crippen MR) is 65.3 cm³/mol. The minimum atomic E-state index is -0.532. The molecule has 0 spiro atoms.